The van der Waals surface area contributed by atoms with Crippen molar-refractivity contribution < 1.29 is 9.90 Å². The molecular weight excluding hydrogens is 272 g/mol. The van der Waals surface area contributed by atoms with Gasteiger partial charge in [0.05, 0.1) is 0 Å². The average Bonchev–Trinajstić information content (AvgIpc) is 2.85. The molecule has 0 saturated carbocycles. The van der Waals surface area contributed by atoms with Gasteiger partial charge >= 0.3 is 0 Å². The Kier molecular flexibility index (Phi) is 5.07. The molecule has 20 heavy (non-hydrogen) atoms. The maximum absolute atomic E-state index is 12.0. The normalized spacial score (nSPS) is 22.2. The van der Waals surface area contributed by atoms with E-state index in [1.807, 2.05) is 26.2 Å². The molecule has 5 heteroatoms. The smallest absolute Gasteiger partial charge is 0.253 e. The van der Waals surface area contributed by atoms with Crippen LogP contribution in [-0.2, 0) is 17.9 Å². The Morgan fingerprint density at radius 3 is 2.55 bits per heavy atom. The predicted octanol–water partition coefficient (Wildman–Crippen LogP) is 1.23. The first-order valence-corrected chi connectivity index (χ1v) is 7.96. The number of nitrogens with one attached hydrogen (secondary N) is 1. The van der Waals surface area contributed by atoms with E-state index >= 15 is 0 Å². The summed E-state index contributed by atoms with van der Waals surface area (Å²) < 4.78 is 0. The van der Waals surface area contributed by atoms with Gasteiger partial charge in [0, 0.05) is 18.8 Å². The largest absolute Gasteiger partial charge is 0.379 e. The molecular formula is C15H22N2O2S. The van der Waals surface area contributed by atoms with Crippen LogP contribution in [0.4, 0.5) is 0 Å². The number of amides is 1. The highest BCUT2D eigenvalue weighted by Gasteiger charge is 2.39. The topological polar surface area (TPSA) is 52.6 Å². The summed E-state index contributed by atoms with van der Waals surface area (Å²) in [5.41, 5.74) is 1.13. The van der Waals surface area contributed by atoms with Crippen LogP contribution in [0.3, 0.4) is 0 Å². The van der Waals surface area contributed by atoms with Gasteiger partial charge in [0.2, 0.25) is 0 Å². The SMILES string of the molecule is CN(C)Cc1ccc(CNC(=O)C2(O)CCSC2)cc1. The first-order chi connectivity index (χ1) is 9.49. The molecule has 110 valence electrons. The van der Waals surface area contributed by atoms with Crippen molar-refractivity contribution in [2.45, 2.75) is 25.1 Å². The number of hydrogen-bond acceptors (Lipinski definition) is 4. The Bertz CT molecular complexity index is 453. The van der Waals surface area contributed by atoms with Crippen LogP contribution in [0.15, 0.2) is 24.3 Å². The third-order valence-electron chi connectivity index (χ3n) is 3.40. The number of rotatable bonds is 5. The highest BCUT2D eigenvalue weighted by atomic mass is 32.2. The van der Waals surface area contributed by atoms with E-state index in [1.165, 1.54) is 5.56 Å². The molecule has 1 aromatic carbocycles. The fourth-order valence-electron chi connectivity index (χ4n) is 2.21. The molecule has 1 atom stereocenters. The fourth-order valence-corrected chi connectivity index (χ4v) is 3.45. The highest BCUT2D eigenvalue weighted by molar-refractivity contribution is 7.99. The van der Waals surface area contributed by atoms with Gasteiger partial charge in [-0.1, -0.05) is 24.3 Å². The van der Waals surface area contributed by atoms with Crippen molar-refractivity contribution in [2.75, 3.05) is 25.6 Å². The lowest BCUT2D eigenvalue weighted by molar-refractivity contribution is -0.137. The second-order valence-corrected chi connectivity index (χ2v) is 6.68. The standard InChI is InChI=1S/C15H22N2O2S/c1-17(2)10-13-5-3-12(4-6-13)9-16-14(18)15(19)7-8-20-11-15/h3-6,19H,7-11H2,1-2H3,(H,16,18). The van der Waals surface area contributed by atoms with Crippen molar-refractivity contribution in [3.63, 3.8) is 0 Å². The average molecular weight is 294 g/mol. The lowest BCUT2D eigenvalue weighted by atomic mass is 10.0. The molecule has 1 amide bonds. The van der Waals surface area contributed by atoms with Gasteiger partial charge in [-0.3, -0.25) is 4.79 Å². The van der Waals surface area contributed by atoms with Crippen LogP contribution in [0.5, 0.6) is 0 Å². The maximum Gasteiger partial charge on any atom is 0.253 e. The van der Waals surface area contributed by atoms with Crippen molar-refractivity contribution in [3.8, 4) is 0 Å². The minimum Gasteiger partial charge on any atom is -0.379 e. The molecule has 1 saturated heterocycles. The monoisotopic (exact) mass is 294 g/mol. The third kappa shape index (κ3) is 3.98. The van der Waals surface area contributed by atoms with E-state index < -0.39 is 5.60 Å². The number of carbonyl (C=O) groups is 1. The van der Waals surface area contributed by atoms with Crippen molar-refractivity contribution in [2.24, 2.45) is 0 Å². The van der Waals surface area contributed by atoms with E-state index in [0.717, 1.165) is 17.9 Å². The van der Waals surface area contributed by atoms with Crippen LogP contribution in [0.1, 0.15) is 17.5 Å². The van der Waals surface area contributed by atoms with E-state index in [9.17, 15) is 9.90 Å². The van der Waals surface area contributed by atoms with Crippen LogP contribution in [0.25, 0.3) is 0 Å². The second-order valence-electron chi connectivity index (χ2n) is 5.57. The van der Waals surface area contributed by atoms with Gasteiger partial charge in [0.1, 0.15) is 0 Å². The summed E-state index contributed by atoms with van der Waals surface area (Å²) in [6, 6.07) is 8.18. The van der Waals surface area contributed by atoms with Crippen LogP contribution >= 0.6 is 11.8 Å². The molecule has 1 heterocycles. The molecule has 0 aliphatic carbocycles. The molecule has 1 aromatic rings. The molecule has 1 aliphatic rings. The summed E-state index contributed by atoms with van der Waals surface area (Å²) >= 11 is 1.62. The lowest BCUT2D eigenvalue weighted by Gasteiger charge is -2.20. The highest BCUT2D eigenvalue weighted by Crippen LogP contribution is 2.27. The van der Waals surface area contributed by atoms with Crippen LogP contribution in [0, 0.1) is 0 Å². The second kappa shape index (κ2) is 6.61. The predicted molar refractivity (Wildman–Crippen MR) is 82.6 cm³/mol. The fraction of sp³-hybridized carbons (Fsp3) is 0.533. The van der Waals surface area contributed by atoms with Crippen molar-refractivity contribution in [3.05, 3.63) is 35.4 Å². The van der Waals surface area contributed by atoms with E-state index in [2.05, 4.69) is 22.3 Å². The zero-order valence-corrected chi connectivity index (χ0v) is 12.9. The zero-order chi connectivity index (χ0) is 14.6. The molecule has 1 unspecified atom stereocenters. The van der Waals surface area contributed by atoms with Crippen LogP contribution in [0.2, 0.25) is 0 Å². The summed E-state index contributed by atoms with van der Waals surface area (Å²) in [6.45, 7) is 1.37. The summed E-state index contributed by atoms with van der Waals surface area (Å²) in [5.74, 6) is 1.10. The first kappa shape index (κ1) is 15.4. The van der Waals surface area contributed by atoms with Crippen molar-refractivity contribution in [1.29, 1.82) is 0 Å². The van der Waals surface area contributed by atoms with E-state index in [0.29, 0.717) is 18.7 Å². The Morgan fingerprint density at radius 2 is 2.00 bits per heavy atom. The van der Waals surface area contributed by atoms with E-state index in [-0.39, 0.29) is 5.91 Å². The molecule has 2 N–H and O–H groups in total. The number of carbonyl (C=O) groups excluding carboxylic acids is 1. The summed E-state index contributed by atoms with van der Waals surface area (Å²) in [7, 11) is 4.07. The molecule has 0 spiro atoms. The summed E-state index contributed by atoms with van der Waals surface area (Å²) in [6.07, 6.45) is 0.547. The number of benzene rings is 1. The van der Waals surface area contributed by atoms with Gasteiger partial charge in [0.15, 0.2) is 5.60 Å². The van der Waals surface area contributed by atoms with Crippen molar-refractivity contribution >= 4 is 17.7 Å². The minimum absolute atomic E-state index is 0.250. The van der Waals surface area contributed by atoms with Gasteiger partial charge in [-0.25, -0.2) is 0 Å². The Morgan fingerprint density at radius 1 is 1.35 bits per heavy atom. The van der Waals surface area contributed by atoms with Gasteiger partial charge < -0.3 is 15.3 Å². The minimum atomic E-state index is -1.17. The molecule has 1 aliphatic heterocycles. The Hall–Kier alpha value is -1.04. The Labute approximate surface area is 124 Å². The van der Waals surface area contributed by atoms with Gasteiger partial charge in [-0.2, -0.15) is 11.8 Å². The van der Waals surface area contributed by atoms with Crippen molar-refractivity contribution in [1.82, 2.24) is 10.2 Å². The maximum atomic E-state index is 12.0. The summed E-state index contributed by atoms with van der Waals surface area (Å²) in [4.78, 5) is 14.1. The lowest BCUT2D eigenvalue weighted by Crippen LogP contribution is -2.46. The summed E-state index contributed by atoms with van der Waals surface area (Å²) in [5, 5.41) is 13.0. The van der Waals surface area contributed by atoms with Gasteiger partial charge in [-0.15, -0.1) is 0 Å². The molecule has 2 rings (SSSR count). The molecule has 0 bridgehead atoms. The molecule has 0 radical (unpaired) electrons. The zero-order valence-electron chi connectivity index (χ0n) is 12.1. The number of aliphatic hydroxyl groups is 1. The molecule has 0 aromatic heterocycles. The number of thioether (sulfide) groups is 1. The van der Waals surface area contributed by atoms with Crippen LogP contribution in [-0.4, -0.2) is 47.1 Å². The first-order valence-electron chi connectivity index (χ1n) is 6.80. The van der Waals surface area contributed by atoms with Gasteiger partial charge in [0.25, 0.3) is 5.91 Å². The quantitative estimate of drug-likeness (QED) is 0.858. The van der Waals surface area contributed by atoms with E-state index in [1.54, 1.807) is 11.8 Å². The third-order valence-corrected chi connectivity index (χ3v) is 4.57. The Balaban J connectivity index is 1.86. The van der Waals surface area contributed by atoms with Crippen LogP contribution < -0.4 is 5.32 Å². The molecule has 1 fully saturated rings. The van der Waals surface area contributed by atoms with E-state index in [4.69, 9.17) is 0 Å². The number of nitrogens with zero attached hydrogens (tertiary/aromatic N) is 1. The number of hydrogen-bond donors (Lipinski definition) is 2. The molecule has 4 nitrogen and oxygen atoms in total. The van der Waals surface area contributed by atoms with Gasteiger partial charge in [-0.05, 0) is 37.4 Å².